The lowest BCUT2D eigenvalue weighted by Crippen LogP contribution is -2.15. The van der Waals surface area contributed by atoms with Crippen LogP contribution < -0.4 is 11.1 Å². The van der Waals surface area contributed by atoms with Gasteiger partial charge in [-0.1, -0.05) is 6.07 Å². The molecule has 0 saturated heterocycles. The Balaban J connectivity index is 2.35. The highest BCUT2D eigenvalue weighted by molar-refractivity contribution is 9.10. The van der Waals surface area contributed by atoms with Crippen molar-refractivity contribution in [2.24, 2.45) is 0 Å². The van der Waals surface area contributed by atoms with Crippen LogP contribution in [0, 0.1) is 19.7 Å². The minimum Gasteiger partial charge on any atom is -0.398 e. The van der Waals surface area contributed by atoms with Crippen molar-refractivity contribution in [1.29, 1.82) is 0 Å². The molecule has 1 amide bonds. The number of benzene rings is 2. The molecule has 5 heteroatoms. The Morgan fingerprint density at radius 1 is 1.25 bits per heavy atom. The molecule has 104 valence electrons. The molecule has 2 rings (SSSR count). The summed E-state index contributed by atoms with van der Waals surface area (Å²) >= 11 is 3.41. The molecule has 2 aromatic carbocycles. The van der Waals surface area contributed by atoms with Gasteiger partial charge >= 0.3 is 0 Å². The van der Waals surface area contributed by atoms with Crippen LogP contribution in [-0.2, 0) is 0 Å². The number of anilines is 2. The van der Waals surface area contributed by atoms with Crippen molar-refractivity contribution >= 4 is 33.2 Å². The first kappa shape index (κ1) is 14.5. The van der Waals surface area contributed by atoms with Crippen LogP contribution in [-0.4, -0.2) is 5.91 Å². The summed E-state index contributed by atoms with van der Waals surface area (Å²) in [5.74, 6) is -0.932. The number of amides is 1. The van der Waals surface area contributed by atoms with Crippen molar-refractivity contribution in [3.63, 3.8) is 0 Å². The number of nitrogen functional groups attached to an aromatic ring is 1. The first-order chi connectivity index (χ1) is 9.38. The first-order valence-corrected chi connectivity index (χ1v) is 6.81. The first-order valence-electron chi connectivity index (χ1n) is 6.01. The molecule has 0 saturated carbocycles. The van der Waals surface area contributed by atoms with E-state index >= 15 is 0 Å². The van der Waals surface area contributed by atoms with Crippen molar-refractivity contribution < 1.29 is 9.18 Å². The molecule has 0 aliphatic heterocycles. The number of carbonyl (C=O) groups excluding carboxylic acids is 1. The largest absolute Gasteiger partial charge is 0.398 e. The van der Waals surface area contributed by atoms with Crippen LogP contribution in [0.4, 0.5) is 15.8 Å². The molecule has 0 atom stereocenters. The van der Waals surface area contributed by atoms with Gasteiger partial charge in [-0.3, -0.25) is 4.79 Å². The summed E-state index contributed by atoms with van der Waals surface area (Å²) in [7, 11) is 0. The normalized spacial score (nSPS) is 10.4. The Labute approximate surface area is 125 Å². The summed E-state index contributed by atoms with van der Waals surface area (Å²) < 4.78 is 14.0. The minimum absolute atomic E-state index is 0.122. The topological polar surface area (TPSA) is 55.1 Å². The van der Waals surface area contributed by atoms with E-state index in [0.717, 1.165) is 21.7 Å². The minimum atomic E-state index is -0.496. The summed E-state index contributed by atoms with van der Waals surface area (Å²) in [6.45, 7) is 3.86. The van der Waals surface area contributed by atoms with E-state index in [2.05, 4.69) is 21.2 Å². The van der Waals surface area contributed by atoms with Crippen LogP contribution in [0.25, 0.3) is 0 Å². The maximum absolute atomic E-state index is 13.2. The van der Waals surface area contributed by atoms with Crippen LogP contribution in [0.2, 0.25) is 0 Å². The quantitative estimate of drug-likeness (QED) is 0.813. The fraction of sp³-hybridized carbons (Fsp3) is 0.133. The van der Waals surface area contributed by atoms with Gasteiger partial charge in [-0.15, -0.1) is 0 Å². The van der Waals surface area contributed by atoms with Gasteiger partial charge in [0.2, 0.25) is 0 Å². The Bertz CT molecular complexity index is 663. The van der Waals surface area contributed by atoms with Crippen molar-refractivity contribution in [2.75, 3.05) is 11.1 Å². The lowest BCUT2D eigenvalue weighted by Gasteiger charge is -2.13. The molecule has 0 radical (unpaired) electrons. The number of aryl methyl sites for hydroxylation is 2. The van der Waals surface area contributed by atoms with Crippen LogP contribution in [0.15, 0.2) is 34.8 Å². The second-order valence-electron chi connectivity index (χ2n) is 4.62. The van der Waals surface area contributed by atoms with E-state index in [1.54, 1.807) is 0 Å². The molecule has 0 aliphatic carbocycles. The zero-order chi connectivity index (χ0) is 14.9. The number of hydrogen-bond acceptors (Lipinski definition) is 2. The zero-order valence-corrected chi connectivity index (χ0v) is 12.7. The van der Waals surface area contributed by atoms with Gasteiger partial charge in [0, 0.05) is 10.2 Å². The molecular weight excluding hydrogens is 323 g/mol. The van der Waals surface area contributed by atoms with E-state index < -0.39 is 11.7 Å². The molecular formula is C15H14BrFN2O. The van der Waals surface area contributed by atoms with E-state index in [1.165, 1.54) is 12.1 Å². The van der Waals surface area contributed by atoms with Crippen LogP contribution in [0.5, 0.6) is 0 Å². The second-order valence-corrected chi connectivity index (χ2v) is 5.48. The van der Waals surface area contributed by atoms with Gasteiger partial charge in [0.05, 0.1) is 11.3 Å². The van der Waals surface area contributed by atoms with E-state index in [4.69, 9.17) is 5.73 Å². The molecule has 0 fully saturated rings. The molecule has 2 aromatic rings. The van der Waals surface area contributed by atoms with Crippen LogP contribution >= 0.6 is 15.9 Å². The molecule has 0 heterocycles. The van der Waals surface area contributed by atoms with Gasteiger partial charge in [-0.05, 0) is 65.2 Å². The summed E-state index contributed by atoms with van der Waals surface area (Å²) in [5, 5.41) is 2.76. The van der Waals surface area contributed by atoms with Crippen molar-refractivity contribution in [3.05, 3.63) is 57.3 Å². The summed E-state index contributed by atoms with van der Waals surface area (Å²) in [6.07, 6.45) is 0. The van der Waals surface area contributed by atoms with E-state index in [0.29, 0.717) is 5.69 Å². The lowest BCUT2D eigenvalue weighted by atomic mass is 10.1. The number of hydrogen-bond donors (Lipinski definition) is 2. The van der Waals surface area contributed by atoms with Gasteiger partial charge in [0.25, 0.3) is 5.91 Å². The highest BCUT2D eigenvalue weighted by Gasteiger charge is 2.14. The zero-order valence-electron chi connectivity index (χ0n) is 11.1. The molecule has 0 spiro atoms. The van der Waals surface area contributed by atoms with Crippen molar-refractivity contribution in [1.82, 2.24) is 0 Å². The number of carbonyl (C=O) groups is 1. The van der Waals surface area contributed by atoms with Gasteiger partial charge in [-0.25, -0.2) is 4.39 Å². The fourth-order valence-corrected chi connectivity index (χ4v) is 2.75. The Morgan fingerprint density at radius 2 is 1.95 bits per heavy atom. The van der Waals surface area contributed by atoms with Crippen molar-refractivity contribution in [3.8, 4) is 0 Å². The van der Waals surface area contributed by atoms with Crippen LogP contribution in [0.1, 0.15) is 21.5 Å². The summed E-state index contributed by atoms with van der Waals surface area (Å²) in [4.78, 5) is 12.2. The number of rotatable bonds is 2. The molecule has 20 heavy (non-hydrogen) atoms. The standard InChI is InChI=1S/C15H14BrFN2O/c1-8-5-9(2)14(12(16)6-8)19-15(20)11-7-10(17)3-4-13(11)18/h3-7H,18H2,1-2H3,(H,19,20). The van der Waals surface area contributed by atoms with E-state index in [-0.39, 0.29) is 11.3 Å². The average Bonchev–Trinajstić information content (AvgIpc) is 2.36. The van der Waals surface area contributed by atoms with Crippen LogP contribution in [0.3, 0.4) is 0 Å². The number of halogens is 2. The number of nitrogens with one attached hydrogen (secondary N) is 1. The average molecular weight is 337 g/mol. The summed E-state index contributed by atoms with van der Waals surface area (Å²) in [6, 6.07) is 7.58. The van der Waals surface area contributed by atoms with Crippen molar-refractivity contribution in [2.45, 2.75) is 13.8 Å². The molecule has 0 aliphatic rings. The predicted octanol–water partition coefficient (Wildman–Crippen LogP) is 4.04. The van der Waals surface area contributed by atoms with E-state index in [9.17, 15) is 9.18 Å². The molecule has 3 N–H and O–H groups in total. The van der Waals surface area contributed by atoms with Gasteiger partial charge in [0.1, 0.15) is 5.82 Å². The predicted molar refractivity (Wildman–Crippen MR) is 82.4 cm³/mol. The smallest absolute Gasteiger partial charge is 0.257 e. The Hall–Kier alpha value is -1.88. The number of nitrogens with two attached hydrogens (primary N) is 1. The molecule has 3 nitrogen and oxygen atoms in total. The maximum atomic E-state index is 13.2. The molecule has 0 unspecified atom stereocenters. The highest BCUT2D eigenvalue weighted by Crippen LogP contribution is 2.28. The monoisotopic (exact) mass is 336 g/mol. The maximum Gasteiger partial charge on any atom is 0.257 e. The third kappa shape index (κ3) is 2.99. The third-order valence-electron chi connectivity index (χ3n) is 2.93. The highest BCUT2D eigenvalue weighted by atomic mass is 79.9. The lowest BCUT2D eigenvalue weighted by molar-refractivity contribution is 0.102. The molecule has 0 bridgehead atoms. The SMILES string of the molecule is Cc1cc(C)c(NC(=O)c2cc(F)ccc2N)c(Br)c1. The second kappa shape index (κ2) is 5.63. The Morgan fingerprint density at radius 3 is 2.60 bits per heavy atom. The van der Waals surface area contributed by atoms with E-state index in [1.807, 2.05) is 26.0 Å². The fourth-order valence-electron chi connectivity index (χ4n) is 1.98. The van der Waals surface area contributed by atoms with Gasteiger partial charge in [-0.2, -0.15) is 0 Å². The third-order valence-corrected chi connectivity index (χ3v) is 3.56. The Kier molecular flexibility index (Phi) is 4.09. The van der Waals surface area contributed by atoms with Gasteiger partial charge in [0.15, 0.2) is 0 Å². The van der Waals surface area contributed by atoms with Gasteiger partial charge < -0.3 is 11.1 Å². The summed E-state index contributed by atoms with van der Waals surface area (Å²) in [5.41, 5.74) is 8.72. The molecule has 0 aromatic heterocycles.